The van der Waals surface area contributed by atoms with Crippen molar-refractivity contribution in [3.8, 4) is 17.2 Å². The van der Waals surface area contributed by atoms with E-state index in [1.807, 2.05) is 42.5 Å². The highest BCUT2D eigenvalue weighted by molar-refractivity contribution is 5.79. The number of nitrogens with one attached hydrogen (secondary N) is 1. The predicted octanol–water partition coefficient (Wildman–Crippen LogP) is 5.04. The van der Waals surface area contributed by atoms with Crippen molar-refractivity contribution in [2.45, 2.75) is 39.7 Å². The first-order valence-electron chi connectivity index (χ1n) is 12.6. The lowest BCUT2D eigenvalue weighted by atomic mass is 10.1. The first-order chi connectivity index (χ1) is 18.0. The molecule has 1 heterocycles. The van der Waals surface area contributed by atoms with Crippen molar-refractivity contribution in [1.29, 1.82) is 0 Å². The Morgan fingerprint density at radius 1 is 0.946 bits per heavy atom. The molecule has 4 aromatic rings. The van der Waals surface area contributed by atoms with Gasteiger partial charge in [-0.2, -0.15) is 0 Å². The maximum Gasteiger partial charge on any atom is 0.224 e. The molecule has 0 aliphatic heterocycles. The molecule has 0 aliphatic carbocycles. The number of methoxy groups -OCH3 is 2. The van der Waals surface area contributed by atoms with Gasteiger partial charge in [0.25, 0.3) is 0 Å². The Labute approximate surface area is 218 Å². The van der Waals surface area contributed by atoms with Crippen LogP contribution < -0.4 is 19.5 Å². The first-order valence-corrected chi connectivity index (χ1v) is 12.6. The molecule has 3 aromatic carbocycles. The number of hydrogen-bond donors (Lipinski definition) is 1. The molecular formula is C30H35N3O4. The molecule has 1 aromatic heterocycles. The van der Waals surface area contributed by atoms with Crippen LogP contribution in [0.5, 0.6) is 17.2 Å². The summed E-state index contributed by atoms with van der Waals surface area (Å²) in [7, 11) is 3.18. The summed E-state index contributed by atoms with van der Waals surface area (Å²) in [5, 5.41) is 3.03. The third kappa shape index (κ3) is 6.61. The average Bonchev–Trinajstić information content (AvgIpc) is 3.24. The summed E-state index contributed by atoms with van der Waals surface area (Å²) < 4.78 is 18.9. The monoisotopic (exact) mass is 501 g/mol. The van der Waals surface area contributed by atoms with Crippen molar-refractivity contribution in [2.24, 2.45) is 0 Å². The Hall–Kier alpha value is -4.00. The molecule has 0 bridgehead atoms. The van der Waals surface area contributed by atoms with E-state index in [0.29, 0.717) is 31.1 Å². The minimum Gasteiger partial charge on any atom is -0.493 e. The number of imidazole rings is 1. The zero-order chi connectivity index (χ0) is 26.2. The van der Waals surface area contributed by atoms with Gasteiger partial charge in [-0.3, -0.25) is 4.79 Å². The van der Waals surface area contributed by atoms with Crippen molar-refractivity contribution in [1.82, 2.24) is 14.9 Å². The molecule has 0 atom stereocenters. The molecule has 0 radical (unpaired) electrons. The van der Waals surface area contributed by atoms with Crippen LogP contribution in [0.4, 0.5) is 0 Å². The minimum absolute atomic E-state index is 0.0447. The predicted molar refractivity (Wildman–Crippen MR) is 146 cm³/mol. The molecule has 7 nitrogen and oxygen atoms in total. The summed E-state index contributed by atoms with van der Waals surface area (Å²) in [4.78, 5) is 17.4. The lowest BCUT2D eigenvalue weighted by Gasteiger charge is -2.12. The summed E-state index contributed by atoms with van der Waals surface area (Å²) in [5.74, 6) is 3.10. The Balaban J connectivity index is 1.34. The molecule has 0 saturated carbocycles. The third-order valence-corrected chi connectivity index (χ3v) is 6.33. The average molecular weight is 502 g/mol. The quantitative estimate of drug-likeness (QED) is 0.275. The largest absolute Gasteiger partial charge is 0.493 e. The molecule has 0 spiro atoms. The van der Waals surface area contributed by atoms with Gasteiger partial charge in [0.2, 0.25) is 5.91 Å². The van der Waals surface area contributed by atoms with E-state index in [1.165, 1.54) is 5.56 Å². The Morgan fingerprint density at radius 3 is 2.51 bits per heavy atom. The second kappa shape index (κ2) is 12.3. The Kier molecular flexibility index (Phi) is 8.67. The molecule has 0 unspecified atom stereocenters. The van der Waals surface area contributed by atoms with E-state index < -0.39 is 0 Å². The number of aromatic nitrogens is 2. The SMILES string of the molecule is COc1ccc(CC(=O)NCCc2nc3ccccc3n2CCCOc2ccc(C)cc2C)cc1OC. The standard InChI is InChI=1S/C30H35N3O4/c1-21-10-12-26(22(2)18-21)37-17-7-16-33-25-9-6-5-8-24(25)32-29(33)14-15-31-30(34)20-23-11-13-27(35-3)28(19-23)36-4/h5-6,8-13,18-19H,7,14-17,20H2,1-4H3,(H,31,34). The van der Waals surface area contributed by atoms with Crippen LogP contribution in [0.2, 0.25) is 0 Å². The zero-order valence-corrected chi connectivity index (χ0v) is 22.0. The summed E-state index contributed by atoms with van der Waals surface area (Å²) in [6, 6.07) is 19.9. The highest BCUT2D eigenvalue weighted by Gasteiger charge is 2.12. The van der Waals surface area contributed by atoms with Crippen LogP contribution in [0.3, 0.4) is 0 Å². The van der Waals surface area contributed by atoms with Gasteiger partial charge in [0.05, 0.1) is 38.3 Å². The van der Waals surface area contributed by atoms with Gasteiger partial charge in [0, 0.05) is 19.5 Å². The summed E-state index contributed by atoms with van der Waals surface area (Å²) in [6.45, 7) is 6.08. The molecule has 37 heavy (non-hydrogen) atoms. The van der Waals surface area contributed by atoms with Crippen LogP contribution in [0.25, 0.3) is 11.0 Å². The van der Waals surface area contributed by atoms with E-state index in [9.17, 15) is 4.79 Å². The van der Waals surface area contributed by atoms with Crippen molar-refractivity contribution in [2.75, 3.05) is 27.4 Å². The topological polar surface area (TPSA) is 74.6 Å². The number of rotatable bonds is 12. The fourth-order valence-corrected chi connectivity index (χ4v) is 4.48. The van der Waals surface area contributed by atoms with Crippen LogP contribution in [-0.2, 0) is 24.2 Å². The molecule has 1 N–H and O–H groups in total. The zero-order valence-electron chi connectivity index (χ0n) is 22.0. The molecule has 0 saturated heterocycles. The third-order valence-electron chi connectivity index (χ3n) is 6.33. The van der Waals surface area contributed by atoms with Crippen molar-refractivity contribution < 1.29 is 19.0 Å². The van der Waals surface area contributed by atoms with Gasteiger partial charge in [0.1, 0.15) is 11.6 Å². The van der Waals surface area contributed by atoms with Gasteiger partial charge in [-0.15, -0.1) is 0 Å². The van der Waals surface area contributed by atoms with Crippen LogP contribution in [0.1, 0.15) is 28.9 Å². The number of amides is 1. The highest BCUT2D eigenvalue weighted by atomic mass is 16.5. The fourth-order valence-electron chi connectivity index (χ4n) is 4.48. The van der Waals surface area contributed by atoms with Gasteiger partial charge in [-0.05, 0) is 61.7 Å². The number of ether oxygens (including phenoxy) is 3. The number of para-hydroxylation sites is 2. The van der Waals surface area contributed by atoms with E-state index in [1.54, 1.807) is 14.2 Å². The molecule has 7 heteroatoms. The van der Waals surface area contributed by atoms with Gasteiger partial charge in [-0.1, -0.05) is 35.9 Å². The molecule has 0 aliphatic rings. The smallest absolute Gasteiger partial charge is 0.224 e. The van der Waals surface area contributed by atoms with Gasteiger partial charge in [-0.25, -0.2) is 4.98 Å². The second-order valence-electron chi connectivity index (χ2n) is 9.11. The number of carbonyl (C=O) groups excluding carboxylic acids is 1. The van der Waals surface area contributed by atoms with Crippen LogP contribution in [-0.4, -0.2) is 42.8 Å². The number of nitrogens with zero attached hydrogens (tertiary/aromatic N) is 2. The number of fused-ring (bicyclic) bond motifs is 1. The summed E-state index contributed by atoms with van der Waals surface area (Å²) in [6.07, 6.45) is 1.77. The lowest BCUT2D eigenvalue weighted by molar-refractivity contribution is -0.120. The molecule has 0 fully saturated rings. The van der Waals surface area contributed by atoms with Gasteiger partial charge in [0.15, 0.2) is 11.5 Å². The normalized spacial score (nSPS) is 10.9. The van der Waals surface area contributed by atoms with Crippen molar-refractivity contribution in [3.63, 3.8) is 0 Å². The minimum atomic E-state index is -0.0447. The number of hydrogen-bond acceptors (Lipinski definition) is 5. The number of aryl methyl sites for hydroxylation is 3. The van der Waals surface area contributed by atoms with Gasteiger partial charge >= 0.3 is 0 Å². The van der Waals surface area contributed by atoms with E-state index >= 15 is 0 Å². The van der Waals surface area contributed by atoms with E-state index in [-0.39, 0.29) is 12.3 Å². The maximum atomic E-state index is 12.6. The van der Waals surface area contributed by atoms with E-state index in [2.05, 4.69) is 41.9 Å². The summed E-state index contributed by atoms with van der Waals surface area (Å²) in [5.41, 5.74) is 5.31. The first kappa shape index (κ1) is 26.1. The van der Waals surface area contributed by atoms with Crippen LogP contribution in [0.15, 0.2) is 60.7 Å². The molecule has 1 amide bonds. The van der Waals surface area contributed by atoms with Crippen molar-refractivity contribution in [3.05, 3.63) is 83.2 Å². The van der Waals surface area contributed by atoms with Crippen LogP contribution in [0, 0.1) is 13.8 Å². The van der Waals surface area contributed by atoms with Crippen LogP contribution >= 0.6 is 0 Å². The number of carbonyl (C=O) groups is 1. The Morgan fingerprint density at radius 2 is 1.73 bits per heavy atom. The fraction of sp³-hybridized carbons (Fsp3) is 0.333. The van der Waals surface area contributed by atoms with E-state index in [4.69, 9.17) is 19.2 Å². The highest BCUT2D eigenvalue weighted by Crippen LogP contribution is 2.27. The van der Waals surface area contributed by atoms with Gasteiger partial charge < -0.3 is 24.1 Å². The molecule has 4 rings (SSSR count). The maximum absolute atomic E-state index is 12.6. The number of benzene rings is 3. The van der Waals surface area contributed by atoms with Crippen molar-refractivity contribution >= 4 is 16.9 Å². The van der Waals surface area contributed by atoms with E-state index in [0.717, 1.165) is 46.7 Å². The lowest BCUT2D eigenvalue weighted by Crippen LogP contribution is -2.28. The Bertz CT molecular complexity index is 1360. The second-order valence-corrected chi connectivity index (χ2v) is 9.11. The molecular weight excluding hydrogens is 466 g/mol. The molecule has 194 valence electrons. The summed E-state index contributed by atoms with van der Waals surface area (Å²) >= 11 is 0.